The van der Waals surface area contributed by atoms with E-state index >= 15 is 0 Å². The Kier molecular flexibility index (Phi) is 4.75. The van der Waals surface area contributed by atoms with Crippen LogP contribution in [0, 0.1) is 11.8 Å². The number of benzene rings is 1. The average Bonchev–Trinajstić information content (AvgIpc) is 2.38. The molecule has 1 fully saturated rings. The molecule has 21 heavy (non-hydrogen) atoms. The fourth-order valence-electron chi connectivity index (χ4n) is 3.40. The molecule has 2 heteroatoms. The lowest BCUT2D eigenvalue weighted by Crippen LogP contribution is -2.38. The number of ether oxygens (including phenoxy) is 1. The first-order valence-corrected chi connectivity index (χ1v) is 8.10. The van der Waals surface area contributed by atoms with Crippen LogP contribution in [0.25, 0.3) is 0 Å². The molecule has 0 bridgehead atoms. The van der Waals surface area contributed by atoms with Gasteiger partial charge in [0, 0.05) is 12.3 Å². The molecule has 2 unspecified atom stereocenters. The Morgan fingerprint density at radius 3 is 2.29 bits per heavy atom. The van der Waals surface area contributed by atoms with Crippen molar-refractivity contribution in [3.8, 4) is 5.75 Å². The number of rotatable bonds is 4. The summed E-state index contributed by atoms with van der Waals surface area (Å²) in [5.41, 5.74) is 1.12. The van der Waals surface area contributed by atoms with Gasteiger partial charge in [-0.15, -0.1) is 0 Å². The lowest BCUT2D eigenvalue weighted by Gasteiger charge is -2.38. The molecule has 1 aliphatic carbocycles. The van der Waals surface area contributed by atoms with E-state index in [1.54, 1.807) is 0 Å². The summed E-state index contributed by atoms with van der Waals surface area (Å²) in [6.45, 7) is 10.6. The molecule has 116 valence electrons. The largest absolute Gasteiger partial charge is 0.491 e. The molecule has 1 aromatic carbocycles. The van der Waals surface area contributed by atoms with Gasteiger partial charge in [-0.05, 0) is 55.7 Å². The zero-order valence-corrected chi connectivity index (χ0v) is 14.0. The zero-order valence-electron chi connectivity index (χ0n) is 14.0. The molecule has 0 amide bonds. The Hall–Kier alpha value is -1.31. The van der Waals surface area contributed by atoms with Crippen molar-refractivity contribution in [2.45, 2.75) is 65.4 Å². The van der Waals surface area contributed by atoms with E-state index in [0.717, 1.165) is 25.0 Å². The maximum absolute atomic E-state index is 12.4. The van der Waals surface area contributed by atoms with Crippen LogP contribution in [0.4, 0.5) is 0 Å². The van der Waals surface area contributed by atoms with Crippen LogP contribution in [0.3, 0.4) is 0 Å². The predicted octanol–water partition coefficient (Wildman–Crippen LogP) is 4.76. The summed E-state index contributed by atoms with van der Waals surface area (Å²) < 4.78 is 5.70. The van der Waals surface area contributed by atoms with Crippen LogP contribution < -0.4 is 4.74 Å². The highest BCUT2D eigenvalue weighted by molar-refractivity contribution is 5.83. The van der Waals surface area contributed by atoms with Crippen molar-refractivity contribution >= 4 is 5.78 Å². The van der Waals surface area contributed by atoms with Gasteiger partial charge >= 0.3 is 0 Å². The molecule has 2 atom stereocenters. The molecule has 0 spiro atoms. The molecule has 0 aromatic heterocycles. The molecule has 0 radical (unpaired) electrons. The van der Waals surface area contributed by atoms with Crippen LogP contribution in [0.2, 0.25) is 0 Å². The first kappa shape index (κ1) is 16.1. The quantitative estimate of drug-likeness (QED) is 0.798. The van der Waals surface area contributed by atoms with Crippen molar-refractivity contribution < 1.29 is 9.53 Å². The number of hydrogen-bond donors (Lipinski definition) is 0. The van der Waals surface area contributed by atoms with Crippen LogP contribution in [0.5, 0.6) is 5.75 Å². The molecule has 1 aliphatic rings. The van der Waals surface area contributed by atoms with Gasteiger partial charge in [-0.2, -0.15) is 0 Å². The molecule has 1 saturated carbocycles. The minimum atomic E-state index is -0.104. The van der Waals surface area contributed by atoms with Gasteiger partial charge in [0.15, 0.2) is 0 Å². The normalized spacial score (nSPS) is 23.4. The van der Waals surface area contributed by atoms with E-state index in [0.29, 0.717) is 11.7 Å². The molecule has 0 saturated heterocycles. The second kappa shape index (κ2) is 6.21. The van der Waals surface area contributed by atoms with Crippen LogP contribution in [-0.4, -0.2) is 11.9 Å². The third-order valence-corrected chi connectivity index (χ3v) is 4.73. The monoisotopic (exact) mass is 288 g/mol. The Bertz CT molecular complexity index is 485. The van der Waals surface area contributed by atoms with Crippen LogP contribution in [0.1, 0.15) is 59.4 Å². The maximum Gasteiger partial charge on any atom is 0.137 e. The summed E-state index contributed by atoms with van der Waals surface area (Å²) in [4.78, 5) is 12.4. The molecular formula is C19H28O2. The molecule has 0 heterocycles. The van der Waals surface area contributed by atoms with Gasteiger partial charge in [0.2, 0.25) is 0 Å². The Morgan fingerprint density at radius 1 is 1.14 bits per heavy atom. The molecule has 1 aromatic rings. The van der Waals surface area contributed by atoms with Crippen molar-refractivity contribution in [2.75, 3.05) is 0 Å². The highest BCUT2D eigenvalue weighted by atomic mass is 16.5. The lowest BCUT2D eigenvalue weighted by molar-refractivity contribution is -0.128. The average molecular weight is 288 g/mol. The Labute approximate surface area is 128 Å². The molecule has 0 N–H and O–H groups in total. The van der Waals surface area contributed by atoms with Crippen molar-refractivity contribution in [2.24, 2.45) is 11.8 Å². The summed E-state index contributed by atoms with van der Waals surface area (Å²) in [6, 6.07) is 8.27. The van der Waals surface area contributed by atoms with Gasteiger partial charge in [-0.25, -0.2) is 0 Å². The number of carbonyl (C=O) groups excluding carboxylic acids is 1. The summed E-state index contributed by atoms with van der Waals surface area (Å²) in [6.07, 6.45) is 3.10. The number of hydrogen-bond acceptors (Lipinski definition) is 2. The summed E-state index contributed by atoms with van der Waals surface area (Å²) in [5.74, 6) is 2.02. The number of Topliss-reactive ketones (excluding diaryl/α,β-unsaturated/α-hetero) is 1. The van der Waals surface area contributed by atoms with Crippen molar-refractivity contribution in [3.05, 3.63) is 29.8 Å². The van der Waals surface area contributed by atoms with E-state index < -0.39 is 0 Å². The first-order chi connectivity index (χ1) is 9.80. The van der Waals surface area contributed by atoms with E-state index in [1.807, 2.05) is 26.0 Å². The van der Waals surface area contributed by atoms with Gasteiger partial charge in [-0.1, -0.05) is 32.9 Å². The smallest absolute Gasteiger partial charge is 0.137 e. The van der Waals surface area contributed by atoms with Gasteiger partial charge in [0.1, 0.15) is 11.5 Å². The van der Waals surface area contributed by atoms with Crippen molar-refractivity contribution in [3.63, 3.8) is 0 Å². The van der Waals surface area contributed by atoms with E-state index in [4.69, 9.17) is 4.74 Å². The minimum Gasteiger partial charge on any atom is -0.491 e. The lowest BCUT2D eigenvalue weighted by atomic mass is 9.65. The molecule has 0 aliphatic heterocycles. The first-order valence-electron chi connectivity index (χ1n) is 8.10. The van der Waals surface area contributed by atoms with Gasteiger partial charge < -0.3 is 4.74 Å². The van der Waals surface area contributed by atoms with E-state index in [2.05, 4.69) is 32.9 Å². The SMILES string of the molecule is CC1CCC(C(C)(C)c2ccc(OC(C)C)cc2)C(=O)C1. The molecular weight excluding hydrogens is 260 g/mol. The standard InChI is InChI=1S/C19H28O2/c1-13(2)21-16-9-7-15(8-10-16)19(4,5)17-11-6-14(3)12-18(17)20/h7-10,13-14,17H,6,11-12H2,1-5H3. The highest BCUT2D eigenvalue weighted by Gasteiger charge is 2.38. The van der Waals surface area contributed by atoms with Gasteiger partial charge in [0.25, 0.3) is 0 Å². The maximum atomic E-state index is 12.4. The zero-order chi connectivity index (χ0) is 15.6. The second-order valence-corrected chi connectivity index (χ2v) is 7.32. The second-order valence-electron chi connectivity index (χ2n) is 7.32. The third-order valence-electron chi connectivity index (χ3n) is 4.73. The third kappa shape index (κ3) is 3.66. The van der Waals surface area contributed by atoms with Gasteiger partial charge in [0.05, 0.1) is 6.10 Å². The van der Waals surface area contributed by atoms with Crippen LogP contribution in [-0.2, 0) is 10.2 Å². The van der Waals surface area contributed by atoms with E-state index in [9.17, 15) is 4.79 Å². The Morgan fingerprint density at radius 2 is 1.76 bits per heavy atom. The number of carbonyl (C=O) groups is 1. The fraction of sp³-hybridized carbons (Fsp3) is 0.632. The minimum absolute atomic E-state index is 0.104. The van der Waals surface area contributed by atoms with Crippen molar-refractivity contribution in [1.29, 1.82) is 0 Å². The van der Waals surface area contributed by atoms with Gasteiger partial charge in [-0.3, -0.25) is 4.79 Å². The summed E-state index contributed by atoms with van der Waals surface area (Å²) >= 11 is 0. The van der Waals surface area contributed by atoms with E-state index in [1.165, 1.54) is 5.56 Å². The fourth-order valence-corrected chi connectivity index (χ4v) is 3.40. The molecule has 2 nitrogen and oxygen atoms in total. The van der Waals surface area contributed by atoms with Crippen LogP contribution in [0.15, 0.2) is 24.3 Å². The topological polar surface area (TPSA) is 26.3 Å². The molecule has 2 rings (SSSR count). The van der Waals surface area contributed by atoms with Crippen LogP contribution >= 0.6 is 0 Å². The predicted molar refractivity (Wildman–Crippen MR) is 86.7 cm³/mol. The summed E-state index contributed by atoms with van der Waals surface area (Å²) in [5, 5.41) is 0. The summed E-state index contributed by atoms with van der Waals surface area (Å²) in [7, 11) is 0. The van der Waals surface area contributed by atoms with E-state index in [-0.39, 0.29) is 17.4 Å². The Balaban J connectivity index is 2.17. The van der Waals surface area contributed by atoms with Crippen molar-refractivity contribution in [1.82, 2.24) is 0 Å². The highest BCUT2D eigenvalue weighted by Crippen LogP contribution is 2.40. The number of ketones is 1.